The molecule has 1 aromatic carbocycles. The lowest BCUT2D eigenvalue weighted by molar-refractivity contribution is -0.144. The molecular weight excluding hydrogens is 261 g/mol. The van der Waals surface area contributed by atoms with Crippen molar-refractivity contribution in [1.29, 1.82) is 0 Å². The molecule has 0 spiro atoms. The zero-order valence-electron chi connectivity index (χ0n) is 11.1. The second kappa shape index (κ2) is 6.34. The number of nitrogens with two attached hydrogens (primary N) is 1. The van der Waals surface area contributed by atoms with Crippen molar-refractivity contribution in [1.82, 2.24) is 0 Å². The molecule has 0 aliphatic heterocycles. The number of hydrogen-bond donors (Lipinski definition) is 1. The summed E-state index contributed by atoms with van der Waals surface area (Å²) in [5.74, 6) is 0.443. The van der Waals surface area contributed by atoms with Crippen LogP contribution in [0.5, 0.6) is 0 Å². The van der Waals surface area contributed by atoms with Crippen molar-refractivity contribution in [2.45, 2.75) is 19.4 Å². The van der Waals surface area contributed by atoms with Crippen LogP contribution in [0, 0.1) is 5.82 Å². The van der Waals surface area contributed by atoms with E-state index in [1.54, 1.807) is 31.2 Å². The summed E-state index contributed by atoms with van der Waals surface area (Å²) in [5.41, 5.74) is 6.49. The van der Waals surface area contributed by atoms with Gasteiger partial charge in [0.2, 0.25) is 0 Å². The molecular formula is C15H16FNO3. The quantitative estimate of drug-likeness (QED) is 0.853. The summed E-state index contributed by atoms with van der Waals surface area (Å²) in [6.45, 7) is 2.02. The molecule has 1 heterocycles. The summed E-state index contributed by atoms with van der Waals surface area (Å²) < 4.78 is 23.3. The van der Waals surface area contributed by atoms with Crippen molar-refractivity contribution in [3.63, 3.8) is 0 Å². The Bertz CT molecular complexity index is 577. The van der Waals surface area contributed by atoms with Crippen molar-refractivity contribution < 1.29 is 18.3 Å². The molecule has 5 heteroatoms. The highest BCUT2D eigenvalue weighted by molar-refractivity contribution is 5.75. The van der Waals surface area contributed by atoms with Gasteiger partial charge in [0.15, 0.2) is 0 Å². The van der Waals surface area contributed by atoms with Crippen LogP contribution in [0.4, 0.5) is 4.39 Å². The van der Waals surface area contributed by atoms with E-state index < -0.39 is 12.0 Å². The molecule has 0 saturated heterocycles. The maximum absolute atomic E-state index is 12.8. The lowest BCUT2D eigenvalue weighted by Crippen LogP contribution is -2.34. The van der Waals surface area contributed by atoms with Gasteiger partial charge in [-0.3, -0.25) is 4.79 Å². The first-order valence-electron chi connectivity index (χ1n) is 6.37. The van der Waals surface area contributed by atoms with Gasteiger partial charge in [0.1, 0.15) is 23.4 Å². The zero-order valence-corrected chi connectivity index (χ0v) is 11.1. The number of halogens is 1. The molecule has 2 rings (SSSR count). The van der Waals surface area contributed by atoms with Gasteiger partial charge in [-0.15, -0.1) is 0 Å². The third-order valence-corrected chi connectivity index (χ3v) is 2.80. The van der Waals surface area contributed by atoms with Crippen LogP contribution < -0.4 is 5.73 Å². The Hall–Kier alpha value is -2.14. The Balaban J connectivity index is 2.05. The minimum absolute atomic E-state index is 0.264. The fraction of sp³-hybridized carbons (Fsp3) is 0.267. The van der Waals surface area contributed by atoms with E-state index in [1.807, 2.05) is 0 Å². The van der Waals surface area contributed by atoms with E-state index in [0.29, 0.717) is 18.1 Å². The molecule has 0 aliphatic carbocycles. The van der Waals surface area contributed by atoms with Crippen molar-refractivity contribution >= 4 is 5.97 Å². The number of esters is 1. The molecule has 0 amide bonds. The standard InChI is InChI=1S/C15H16FNO3/c1-2-19-15(18)13(17)9-12-7-8-14(20-12)10-3-5-11(16)6-4-10/h3-8,13H,2,9,17H2,1H3. The summed E-state index contributed by atoms with van der Waals surface area (Å²) in [7, 11) is 0. The highest BCUT2D eigenvalue weighted by Crippen LogP contribution is 2.23. The number of carbonyl (C=O) groups excluding carboxylic acids is 1. The predicted octanol–water partition coefficient (Wildman–Crippen LogP) is 2.52. The molecule has 106 valence electrons. The zero-order chi connectivity index (χ0) is 14.5. The Labute approximate surface area is 116 Å². The first-order valence-corrected chi connectivity index (χ1v) is 6.37. The summed E-state index contributed by atoms with van der Waals surface area (Å²) in [4.78, 5) is 11.4. The Morgan fingerprint density at radius 3 is 2.65 bits per heavy atom. The fourth-order valence-corrected chi connectivity index (χ4v) is 1.81. The molecule has 4 nitrogen and oxygen atoms in total. The second-order valence-electron chi connectivity index (χ2n) is 4.34. The van der Waals surface area contributed by atoms with Crippen LogP contribution in [0.3, 0.4) is 0 Å². The van der Waals surface area contributed by atoms with Gasteiger partial charge >= 0.3 is 5.97 Å². The summed E-state index contributed by atoms with van der Waals surface area (Å²) in [5, 5.41) is 0. The lowest BCUT2D eigenvalue weighted by Gasteiger charge is -2.08. The molecule has 2 aromatic rings. The van der Waals surface area contributed by atoms with Crippen LogP contribution in [-0.2, 0) is 16.0 Å². The van der Waals surface area contributed by atoms with Crippen LogP contribution >= 0.6 is 0 Å². The molecule has 0 bridgehead atoms. The number of rotatable bonds is 5. The molecule has 1 atom stereocenters. The monoisotopic (exact) mass is 277 g/mol. The third-order valence-electron chi connectivity index (χ3n) is 2.80. The Morgan fingerprint density at radius 1 is 1.30 bits per heavy atom. The highest BCUT2D eigenvalue weighted by atomic mass is 19.1. The smallest absolute Gasteiger partial charge is 0.323 e. The van der Waals surface area contributed by atoms with Gasteiger partial charge in [0.25, 0.3) is 0 Å². The molecule has 20 heavy (non-hydrogen) atoms. The summed E-state index contributed by atoms with van der Waals surface area (Å²) >= 11 is 0. The van der Waals surface area contributed by atoms with Gasteiger partial charge in [0, 0.05) is 12.0 Å². The molecule has 0 saturated carbocycles. The van der Waals surface area contributed by atoms with Crippen LogP contribution in [0.15, 0.2) is 40.8 Å². The molecule has 1 aromatic heterocycles. The number of benzene rings is 1. The van der Waals surface area contributed by atoms with E-state index in [0.717, 1.165) is 5.56 Å². The summed E-state index contributed by atoms with van der Waals surface area (Å²) in [6, 6.07) is 8.75. The number of carbonyl (C=O) groups is 1. The van der Waals surface area contributed by atoms with Crippen LogP contribution in [-0.4, -0.2) is 18.6 Å². The second-order valence-corrected chi connectivity index (χ2v) is 4.34. The third kappa shape index (κ3) is 3.45. The SMILES string of the molecule is CCOC(=O)C(N)Cc1ccc(-c2ccc(F)cc2)o1. The van der Waals surface area contributed by atoms with Crippen molar-refractivity contribution in [3.05, 3.63) is 48.0 Å². The molecule has 2 N–H and O–H groups in total. The first-order chi connectivity index (χ1) is 9.60. The van der Waals surface area contributed by atoms with Gasteiger partial charge < -0.3 is 14.9 Å². The maximum Gasteiger partial charge on any atom is 0.323 e. The van der Waals surface area contributed by atoms with Crippen molar-refractivity contribution in [2.24, 2.45) is 5.73 Å². The predicted molar refractivity (Wildman–Crippen MR) is 72.4 cm³/mol. The van der Waals surface area contributed by atoms with Gasteiger partial charge in [-0.25, -0.2) is 4.39 Å². The topological polar surface area (TPSA) is 65.5 Å². The average molecular weight is 277 g/mol. The van der Waals surface area contributed by atoms with Crippen LogP contribution in [0.25, 0.3) is 11.3 Å². The normalized spacial score (nSPS) is 12.2. The lowest BCUT2D eigenvalue weighted by atomic mass is 10.1. The van der Waals surface area contributed by atoms with E-state index in [2.05, 4.69) is 0 Å². The first kappa shape index (κ1) is 14.3. The number of ether oxygens (including phenoxy) is 1. The van der Waals surface area contributed by atoms with Gasteiger partial charge in [-0.1, -0.05) is 0 Å². The van der Waals surface area contributed by atoms with Crippen LogP contribution in [0.2, 0.25) is 0 Å². The largest absolute Gasteiger partial charge is 0.465 e. The Kier molecular flexibility index (Phi) is 4.53. The minimum Gasteiger partial charge on any atom is -0.465 e. The highest BCUT2D eigenvalue weighted by Gasteiger charge is 2.17. The van der Waals surface area contributed by atoms with E-state index in [1.165, 1.54) is 12.1 Å². The van der Waals surface area contributed by atoms with Gasteiger partial charge in [0.05, 0.1) is 6.61 Å². The van der Waals surface area contributed by atoms with E-state index >= 15 is 0 Å². The average Bonchev–Trinajstić information content (AvgIpc) is 2.88. The maximum atomic E-state index is 12.8. The number of hydrogen-bond acceptors (Lipinski definition) is 4. The van der Waals surface area contributed by atoms with Crippen molar-refractivity contribution in [3.8, 4) is 11.3 Å². The molecule has 0 aliphatic rings. The van der Waals surface area contributed by atoms with Gasteiger partial charge in [-0.2, -0.15) is 0 Å². The fourth-order valence-electron chi connectivity index (χ4n) is 1.81. The molecule has 1 unspecified atom stereocenters. The Morgan fingerprint density at radius 2 is 2.00 bits per heavy atom. The van der Waals surface area contributed by atoms with E-state index in [9.17, 15) is 9.18 Å². The minimum atomic E-state index is -0.748. The molecule has 0 fully saturated rings. The van der Waals surface area contributed by atoms with E-state index in [-0.39, 0.29) is 12.2 Å². The summed E-state index contributed by atoms with van der Waals surface area (Å²) in [6.07, 6.45) is 0.264. The number of furan rings is 1. The molecule has 0 radical (unpaired) electrons. The van der Waals surface area contributed by atoms with Crippen molar-refractivity contribution in [2.75, 3.05) is 6.61 Å². The van der Waals surface area contributed by atoms with Crippen LogP contribution in [0.1, 0.15) is 12.7 Å². The van der Waals surface area contributed by atoms with Gasteiger partial charge in [-0.05, 0) is 43.3 Å². The van der Waals surface area contributed by atoms with E-state index in [4.69, 9.17) is 14.9 Å².